The van der Waals surface area contributed by atoms with Crippen molar-refractivity contribution in [3.05, 3.63) is 45.2 Å². The Morgan fingerprint density at radius 3 is 2.63 bits per heavy atom. The molecule has 2 rings (SSSR count). The van der Waals surface area contributed by atoms with Crippen LogP contribution in [-0.2, 0) is 6.54 Å². The van der Waals surface area contributed by atoms with Gasteiger partial charge in [0, 0.05) is 0 Å². The van der Waals surface area contributed by atoms with E-state index < -0.39 is 28.9 Å². The number of halogens is 3. The van der Waals surface area contributed by atoms with Gasteiger partial charge >= 0.3 is 0 Å². The highest BCUT2D eigenvalue weighted by Crippen LogP contribution is 2.15. The highest BCUT2D eigenvalue weighted by Gasteiger charge is 2.18. The highest BCUT2D eigenvalue weighted by molar-refractivity contribution is 7.11. The first-order chi connectivity index (χ1) is 8.99. The third kappa shape index (κ3) is 2.90. The molecule has 1 heterocycles. The molecule has 1 aromatic heterocycles. The molecule has 0 radical (unpaired) electrons. The van der Waals surface area contributed by atoms with Crippen LogP contribution in [0.2, 0.25) is 0 Å². The van der Waals surface area contributed by atoms with Crippen LogP contribution in [0.25, 0.3) is 0 Å². The fraction of sp³-hybridized carbons (Fsp3) is 0.182. The Hall–Kier alpha value is -1.96. The normalized spacial score (nSPS) is 10.5. The molecule has 2 aromatic rings. The second kappa shape index (κ2) is 5.35. The lowest BCUT2D eigenvalue weighted by molar-refractivity contribution is 0.0945. The summed E-state index contributed by atoms with van der Waals surface area (Å²) in [6.07, 6.45) is 0. The summed E-state index contributed by atoms with van der Waals surface area (Å²) in [5, 5.41) is 11.1. The van der Waals surface area contributed by atoms with E-state index in [0.717, 1.165) is 11.1 Å². The number of benzene rings is 1. The van der Waals surface area contributed by atoms with Crippen LogP contribution in [0.4, 0.5) is 13.2 Å². The summed E-state index contributed by atoms with van der Waals surface area (Å²) in [5.74, 6) is -5.36. The number of carbonyl (C=O) groups is 1. The zero-order valence-corrected chi connectivity index (χ0v) is 10.5. The van der Waals surface area contributed by atoms with Crippen molar-refractivity contribution >= 4 is 17.2 Å². The third-order valence-electron chi connectivity index (χ3n) is 2.25. The third-order valence-corrected chi connectivity index (χ3v) is 3.09. The minimum Gasteiger partial charge on any atom is -0.345 e. The maximum atomic E-state index is 13.3. The van der Waals surface area contributed by atoms with Crippen LogP contribution in [0, 0.1) is 24.4 Å². The number of amides is 1. The highest BCUT2D eigenvalue weighted by atomic mass is 32.1. The molecular formula is C11H8F3N3OS. The zero-order chi connectivity index (χ0) is 14.0. The van der Waals surface area contributed by atoms with Gasteiger partial charge in [-0.25, -0.2) is 13.2 Å². The molecule has 100 valence electrons. The van der Waals surface area contributed by atoms with E-state index in [1.54, 1.807) is 6.92 Å². The molecular weight excluding hydrogens is 279 g/mol. The summed E-state index contributed by atoms with van der Waals surface area (Å²) >= 11 is 1.27. The molecule has 8 heteroatoms. The molecule has 0 fully saturated rings. The Morgan fingerprint density at radius 2 is 2.00 bits per heavy atom. The predicted octanol–water partition coefficient (Wildman–Crippen LogP) is 2.19. The topological polar surface area (TPSA) is 54.9 Å². The van der Waals surface area contributed by atoms with Gasteiger partial charge in [0.2, 0.25) is 0 Å². The van der Waals surface area contributed by atoms with E-state index in [1.807, 2.05) is 0 Å². The quantitative estimate of drug-likeness (QED) is 0.880. The van der Waals surface area contributed by atoms with Crippen molar-refractivity contribution in [2.24, 2.45) is 0 Å². The summed E-state index contributed by atoms with van der Waals surface area (Å²) in [6.45, 7) is 1.79. The summed E-state index contributed by atoms with van der Waals surface area (Å²) in [4.78, 5) is 11.6. The Balaban J connectivity index is 2.10. The average Bonchev–Trinajstić information content (AvgIpc) is 2.79. The molecule has 0 aliphatic carbocycles. The van der Waals surface area contributed by atoms with Gasteiger partial charge in [-0.1, -0.05) is 11.3 Å². The molecule has 0 spiro atoms. The molecule has 0 saturated heterocycles. The van der Waals surface area contributed by atoms with Crippen molar-refractivity contribution in [3.8, 4) is 0 Å². The fourth-order valence-electron chi connectivity index (χ4n) is 1.36. The Labute approximate surface area is 110 Å². The number of nitrogens with one attached hydrogen (secondary N) is 1. The summed E-state index contributed by atoms with van der Waals surface area (Å²) in [5.41, 5.74) is -0.555. The molecule has 1 aromatic carbocycles. The van der Waals surface area contributed by atoms with E-state index in [-0.39, 0.29) is 6.54 Å². The molecule has 19 heavy (non-hydrogen) atoms. The van der Waals surface area contributed by atoms with Gasteiger partial charge in [0.1, 0.15) is 10.0 Å². The second-order valence-electron chi connectivity index (χ2n) is 3.62. The molecule has 0 bridgehead atoms. The number of aryl methyl sites for hydroxylation is 1. The van der Waals surface area contributed by atoms with Crippen LogP contribution >= 0.6 is 11.3 Å². The maximum absolute atomic E-state index is 13.3. The standard InChI is InChI=1S/C11H8F3N3OS/c1-5-16-17-8(19-5)4-15-11(18)6-2-3-7(12)10(14)9(6)13/h2-3H,4H2,1H3,(H,15,18). The molecule has 0 aliphatic heterocycles. The minimum atomic E-state index is -1.67. The molecule has 1 amide bonds. The van der Waals surface area contributed by atoms with Gasteiger partial charge < -0.3 is 5.32 Å². The van der Waals surface area contributed by atoms with Gasteiger partial charge in [-0.2, -0.15) is 0 Å². The van der Waals surface area contributed by atoms with E-state index in [4.69, 9.17) is 0 Å². The van der Waals surface area contributed by atoms with Crippen LogP contribution in [-0.4, -0.2) is 16.1 Å². The first kappa shape index (κ1) is 13.5. The maximum Gasteiger partial charge on any atom is 0.254 e. The van der Waals surface area contributed by atoms with E-state index in [0.29, 0.717) is 11.1 Å². The van der Waals surface area contributed by atoms with Crippen LogP contribution < -0.4 is 5.32 Å². The van der Waals surface area contributed by atoms with Crippen molar-refractivity contribution in [3.63, 3.8) is 0 Å². The van der Waals surface area contributed by atoms with Crippen molar-refractivity contribution in [1.82, 2.24) is 15.5 Å². The van der Waals surface area contributed by atoms with Gasteiger partial charge in [0.15, 0.2) is 17.5 Å². The van der Waals surface area contributed by atoms with Crippen LogP contribution in [0.3, 0.4) is 0 Å². The smallest absolute Gasteiger partial charge is 0.254 e. The zero-order valence-electron chi connectivity index (χ0n) is 9.71. The number of aromatic nitrogens is 2. The van der Waals surface area contributed by atoms with E-state index >= 15 is 0 Å². The Bertz CT molecular complexity index is 630. The second-order valence-corrected chi connectivity index (χ2v) is 4.89. The average molecular weight is 287 g/mol. The van der Waals surface area contributed by atoms with E-state index in [9.17, 15) is 18.0 Å². The van der Waals surface area contributed by atoms with Gasteiger partial charge in [-0.15, -0.1) is 10.2 Å². The number of nitrogens with zero attached hydrogens (tertiary/aromatic N) is 2. The number of hydrogen-bond donors (Lipinski definition) is 1. The van der Waals surface area contributed by atoms with Crippen LogP contribution in [0.1, 0.15) is 20.4 Å². The van der Waals surface area contributed by atoms with Gasteiger partial charge in [0.05, 0.1) is 12.1 Å². The predicted molar refractivity (Wildman–Crippen MR) is 62.1 cm³/mol. The number of carbonyl (C=O) groups excluding carboxylic acids is 1. The fourth-order valence-corrected chi connectivity index (χ4v) is 2.01. The Kier molecular flexibility index (Phi) is 3.79. The molecule has 4 nitrogen and oxygen atoms in total. The van der Waals surface area contributed by atoms with Gasteiger partial charge in [0.25, 0.3) is 5.91 Å². The molecule has 1 N–H and O–H groups in total. The van der Waals surface area contributed by atoms with Crippen molar-refractivity contribution in [1.29, 1.82) is 0 Å². The van der Waals surface area contributed by atoms with Crippen LogP contribution in [0.15, 0.2) is 12.1 Å². The van der Waals surface area contributed by atoms with Crippen LogP contribution in [0.5, 0.6) is 0 Å². The first-order valence-electron chi connectivity index (χ1n) is 5.19. The lowest BCUT2D eigenvalue weighted by Gasteiger charge is -2.05. The van der Waals surface area contributed by atoms with E-state index in [1.165, 1.54) is 11.3 Å². The molecule has 0 aliphatic rings. The monoisotopic (exact) mass is 287 g/mol. The summed E-state index contributed by atoms with van der Waals surface area (Å²) < 4.78 is 39.0. The lowest BCUT2D eigenvalue weighted by Crippen LogP contribution is -2.24. The number of rotatable bonds is 3. The largest absolute Gasteiger partial charge is 0.345 e. The van der Waals surface area contributed by atoms with Crippen molar-refractivity contribution in [2.75, 3.05) is 0 Å². The van der Waals surface area contributed by atoms with E-state index in [2.05, 4.69) is 15.5 Å². The lowest BCUT2D eigenvalue weighted by atomic mass is 10.2. The SMILES string of the molecule is Cc1nnc(CNC(=O)c2ccc(F)c(F)c2F)s1. The van der Waals surface area contributed by atoms with Gasteiger partial charge in [-0.05, 0) is 19.1 Å². The number of hydrogen-bond acceptors (Lipinski definition) is 4. The molecule has 0 atom stereocenters. The Morgan fingerprint density at radius 1 is 1.26 bits per heavy atom. The summed E-state index contributed by atoms with van der Waals surface area (Å²) in [7, 11) is 0. The van der Waals surface area contributed by atoms with Crippen molar-refractivity contribution in [2.45, 2.75) is 13.5 Å². The molecule has 0 unspecified atom stereocenters. The molecule has 0 saturated carbocycles. The summed E-state index contributed by atoms with van der Waals surface area (Å²) in [6, 6.07) is 1.58. The van der Waals surface area contributed by atoms with Crippen molar-refractivity contribution < 1.29 is 18.0 Å². The first-order valence-corrected chi connectivity index (χ1v) is 6.01. The minimum absolute atomic E-state index is 0.0444. The van der Waals surface area contributed by atoms with Gasteiger partial charge in [-0.3, -0.25) is 4.79 Å².